The molecule has 0 aliphatic heterocycles. The van der Waals surface area contributed by atoms with Gasteiger partial charge in [-0.2, -0.15) is 0 Å². The van der Waals surface area contributed by atoms with Crippen molar-refractivity contribution in [2.75, 3.05) is 27.2 Å². The Morgan fingerprint density at radius 2 is 2.16 bits per heavy atom. The molecule has 1 rings (SSSR count). The topological polar surface area (TPSA) is 98.7 Å². The Morgan fingerprint density at radius 1 is 1.47 bits per heavy atom. The first-order valence-corrected chi connectivity index (χ1v) is 5.80. The van der Waals surface area contributed by atoms with Gasteiger partial charge in [-0.05, 0) is 25.1 Å². The maximum absolute atomic E-state index is 11.7. The van der Waals surface area contributed by atoms with Gasteiger partial charge in [0.2, 0.25) is 0 Å². The summed E-state index contributed by atoms with van der Waals surface area (Å²) in [4.78, 5) is 23.5. The summed E-state index contributed by atoms with van der Waals surface area (Å²) in [6.45, 7) is 0.753. The highest BCUT2D eigenvalue weighted by atomic mass is 16.6. The Kier molecular flexibility index (Phi) is 5.25. The maximum atomic E-state index is 11.7. The third-order valence-corrected chi connectivity index (χ3v) is 2.41. The van der Waals surface area contributed by atoms with Crippen molar-refractivity contribution in [3.05, 3.63) is 33.9 Å². The molecule has 0 aromatic heterocycles. The molecule has 104 valence electrons. The van der Waals surface area contributed by atoms with E-state index in [2.05, 4.69) is 0 Å². The number of hydrogen-bond acceptors (Lipinski definition) is 5. The zero-order valence-electron chi connectivity index (χ0n) is 11.0. The van der Waals surface area contributed by atoms with Crippen molar-refractivity contribution < 1.29 is 14.5 Å². The molecule has 0 fully saturated rings. The molecule has 0 bridgehead atoms. The number of nitro benzene ring substituents is 1. The average molecular weight is 267 g/mol. The summed E-state index contributed by atoms with van der Waals surface area (Å²) in [5, 5.41) is 11.0. The van der Waals surface area contributed by atoms with Gasteiger partial charge in [0.15, 0.2) is 5.75 Å². The minimum Gasteiger partial charge on any atom is -0.487 e. The van der Waals surface area contributed by atoms with E-state index in [-0.39, 0.29) is 22.9 Å². The highest BCUT2D eigenvalue weighted by Gasteiger charge is 2.19. The minimum absolute atomic E-state index is 0.147. The number of benzene rings is 1. The van der Waals surface area contributed by atoms with Crippen molar-refractivity contribution in [3.63, 3.8) is 0 Å². The highest BCUT2D eigenvalue weighted by Crippen LogP contribution is 2.28. The van der Waals surface area contributed by atoms with Crippen molar-refractivity contribution in [3.8, 4) is 5.75 Å². The van der Waals surface area contributed by atoms with E-state index in [4.69, 9.17) is 10.5 Å². The number of hydrogen-bond donors (Lipinski definition) is 1. The van der Waals surface area contributed by atoms with Crippen LogP contribution in [0, 0.1) is 10.1 Å². The van der Waals surface area contributed by atoms with E-state index in [1.54, 1.807) is 14.1 Å². The van der Waals surface area contributed by atoms with Crippen LogP contribution in [0.4, 0.5) is 5.69 Å². The number of carbonyl (C=O) groups excluding carboxylic acids is 1. The van der Waals surface area contributed by atoms with E-state index in [0.717, 1.165) is 0 Å². The van der Waals surface area contributed by atoms with Crippen molar-refractivity contribution in [2.45, 2.75) is 6.42 Å². The summed E-state index contributed by atoms with van der Waals surface area (Å²) in [5.74, 6) is -0.148. The zero-order valence-corrected chi connectivity index (χ0v) is 11.0. The summed E-state index contributed by atoms with van der Waals surface area (Å²) in [5.41, 5.74) is 5.36. The summed E-state index contributed by atoms with van der Waals surface area (Å²) >= 11 is 0. The number of rotatable bonds is 6. The van der Waals surface area contributed by atoms with Gasteiger partial charge < -0.3 is 15.4 Å². The van der Waals surface area contributed by atoms with E-state index in [0.29, 0.717) is 19.6 Å². The standard InChI is InChI=1S/C12H17N3O4/c1-14(2)12(16)9-4-5-11(19-7-3-6-13)10(8-9)15(17)18/h4-5,8H,3,6-7,13H2,1-2H3. The lowest BCUT2D eigenvalue weighted by molar-refractivity contribution is -0.385. The Hall–Kier alpha value is -2.15. The minimum atomic E-state index is -0.565. The molecule has 2 N–H and O–H groups in total. The molecule has 0 aliphatic rings. The molecule has 0 atom stereocenters. The average Bonchev–Trinajstić information content (AvgIpc) is 2.38. The monoisotopic (exact) mass is 267 g/mol. The van der Waals surface area contributed by atoms with Gasteiger partial charge in [-0.25, -0.2) is 0 Å². The maximum Gasteiger partial charge on any atom is 0.311 e. The van der Waals surface area contributed by atoms with Gasteiger partial charge in [-0.3, -0.25) is 14.9 Å². The Bertz CT molecular complexity index is 474. The quantitative estimate of drug-likeness (QED) is 0.471. The molecule has 0 saturated carbocycles. The van der Waals surface area contributed by atoms with Crippen LogP contribution in [0.15, 0.2) is 18.2 Å². The van der Waals surface area contributed by atoms with Gasteiger partial charge >= 0.3 is 5.69 Å². The molecule has 1 amide bonds. The Labute approximate surface area is 111 Å². The molecule has 7 nitrogen and oxygen atoms in total. The fraction of sp³-hybridized carbons (Fsp3) is 0.417. The number of nitrogens with two attached hydrogens (primary N) is 1. The van der Waals surface area contributed by atoms with Crippen LogP contribution in [0.2, 0.25) is 0 Å². The van der Waals surface area contributed by atoms with Gasteiger partial charge in [0.1, 0.15) is 0 Å². The fourth-order valence-electron chi connectivity index (χ4n) is 1.44. The van der Waals surface area contributed by atoms with Crippen LogP contribution in [0.25, 0.3) is 0 Å². The van der Waals surface area contributed by atoms with Crippen LogP contribution in [0.3, 0.4) is 0 Å². The molecular formula is C12H17N3O4. The predicted octanol–water partition coefficient (Wildman–Crippen LogP) is 1.02. The van der Waals surface area contributed by atoms with E-state index in [1.165, 1.54) is 23.1 Å². The lowest BCUT2D eigenvalue weighted by Gasteiger charge is -2.11. The summed E-state index contributed by atoms with van der Waals surface area (Å²) in [7, 11) is 3.17. The highest BCUT2D eigenvalue weighted by molar-refractivity contribution is 5.94. The molecule has 0 radical (unpaired) electrons. The molecule has 19 heavy (non-hydrogen) atoms. The molecule has 0 unspecified atom stereocenters. The molecule has 1 aromatic carbocycles. The third kappa shape index (κ3) is 3.92. The van der Waals surface area contributed by atoms with Crippen molar-refractivity contribution in [1.82, 2.24) is 4.90 Å². The predicted molar refractivity (Wildman–Crippen MR) is 70.3 cm³/mol. The largest absolute Gasteiger partial charge is 0.487 e. The fourth-order valence-corrected chi connectivity index (χ4v) is 1.44. The normalized spacial score (nSPS) is 10.1. The molecule has 0 saturated heterocycles. The Morgan fingerprint density at radius 3 is 2.68 bits per heavy atom. The van der Waals surface area contributed by atoms with Crippen LogP contribution in [-0.4, -0.2) is 43.0 Å². The van der Waals surface area contributed by atoms with Gasteiger partial charge in [-0.15, -0.1) is 0 Å². The second-order valence-corrected chi connectivity index (χ2v) is 4.13. The van der Waals surface area contributed by atoms with Crippen molar-refractivity contribution in [1.29, 1.82) is 0 Å². The first-order chi connectivity index (χ1) is 8.97. The first kappa shape index (κ1) is 14.9. The van der Waals surface area contributed by atoms with E-state index in [1.807, 2.05) is 0 Å². The van der Waals surface area contributed by atoms with Crippen LogP contribution >= 0.6 is 0 Å². The number of ether oxygens (including phenoxy) is 1. The second kappa shape index (κ2) is 6.69. The molecule has 0 spiro atoms. The lowest BCUT2D eigenvalue weighted by Crippen LogP contribution is -2.21. The van der Waals surface area contributed by atoms with E-state index in [9.17, 15) is 14.9 Å². The molecular weight excluding hydrogens is 250 g/mol. The Balaban J connectivity index is 3.01. The molecule has 0 aliphatic carbocycles. The number of nitrogens with zero attached hydrogens (tertiary/aromatic N) is 2. The molecule has 7 heteroatoms. The molecule has 1 aromatic rings. The first-order valence-electron chi connectivity index (χ1n) is 5.80. The van der Waals surface area contributed by atoms with Gasteiger partial charge in [-0.1, -0.05) is 0 Å². The smallest absolute Gasteiger partial charge is 0.311 e. The zero-order chi connectivity index (χ0) is 14.4. The van der Waals surface area contributed by atoms with Crippen LogP contribution in [0.1, 0.15) is 16.8 Å². The van der Waals surface area contributed by atoms with E-state index < -0.39 is 4.92 Å². The van der Waals surface area contributed by atoms with Gasteiger partial charge in [0, 0.05) is 25.7 Å². The third-order valence-electron chi connectivity index (χ3n) is 2.41. The van der Waals surface area contributed by atoms with Crippen LogP contribution < -0.4 is 10.5 Å². The SMILES string of the molecule is CN(C)C(=O)c1ccc(OCCCN)c([N+](=O)[O-])c1. The second-order valence-electron chi connectivity index (χ2n) is 4.13. The summed E-state index contributed by atoms with van der Waals surface area (Å²) < 4.78 is 5.29. The number of amides is 1. The van der Waals surface area contributed by atoms with Gasteiger partial charge in [0.25, 0.3) is 5.91 Å². The van der Waals surface area contributed by atoms with Gasteiger partial charge in [0.05, 0.1) is 11.5 Å². The van der Waals surface area contributed by atoms with Crippen LogP contribution in [-0.2, 0) is 0 Å². The van der Waals surface area contributed by atoms with Crippen molar-refractivity contribution in [2.24, 2.45) is 5.73 Å². The summed E-state index contributed by atoms with van der Waals surface area (Å²) in [6.07, 6.45) is 0.607. The van der Waals surface area contributed by atoms with Crippen LogP contribution in [0.5, 0.6) is 5.75 Å². The lowest BCUT2D eigenvalue weighted by atomic mass is 10.1. The van der Waals surface area contributed by atoms with E-state index >= 15 is 0 Å². The van der Waals surface area contributed by atoms with Crippen molar-refractivity contribution >= 4 is 11.6 Å². The molecule has 0 heterocycles. The number of nitro groups is 1. The number of carbonyl (C=O) groups is 1. The summed E-state index contributed by atoms with van der Waals surface area (Å²) in [6, 6.07) is 4.17.